The van der Waals surface area contributed by atoms with Crippen LogP contribution in [0.15, 0.2) is 0 Å². The molecule has 1 N–H and O–H groups in total. The van der Waals surface area contributed by atoms with Gasteiger partial charge in [0.1, 0.15) is 0 Å². The van der Waals surface area contributed by atoms with E-state index in [0.29, 0.717) is 23.8 Å². The van der Waals surface area contributed by atoms with Gasteiger partial charge in [-0.3, -0.25) is 10.1 Å². The molecule has 0 saturated carbocycles. The first-order valence-corrected chi connectivity index (χ1v) is 8.48. The summed E-state index contributed by atoms with van der Waals surface area (Å²) in [5, 5.41) is 3.55. The van der Waals surface area contributed by atoms with E-state index in [-0.39, 0.29) is 12.2 Å². The average molecular weight is 282 g/mol. The zero-order valence-electron chi connectivity index (χ0n) is 14.3. The van der Waals surface area contributed by atoms with E-state index < -0.39 is 0 Å². The lowest BCUT2D eigenvalue weighted by molar-refractivity contribution is -0.133. The predicted molar refractivity (Wildman–Crippen MR) is 85.5 cm³/mol. The van der Waals surface area contributed by atoms with E-state index in [9.17, 15) is 4.79 Å². The summed E-state index contributed by atoms with van der Waals surface area (Å²) in [6, 6.07) is 0.350. The molecule has 1 amide bonds. The first-order valence-electron chi connectivity index (χ1n) is 8.48. The SMILES string of the molecule is CCCCCCC(C)N1C(=O)C(C(C)C)NC1C(C)C. The first kappa shape index (κ1) is 17.5. The van der Waals surface area contributed by atoms with Crippen LogP contribution in [0.5, 0.6) is 0 Å². The van der Waals surface area contributed by atoms with Gasteiger partial charge in [-0.2, -0.15) is 0 Å². The van der Waals surface area contributed by atoms with E-state index in [0.717, 1.165) is 6.42 Å². The topological polar surface area (TPSA) is 32.3 Å². The summed E-state index contributed by atoms with van der Waals surface area (Å²) in [6.45, 7) is 13.1. The van der Waals surface area contributed by atoms with Crippen molar-refractivity contribution in [3.63, 3.8) is 0 Å². The maximum Gasteiger partial charge on any atom is 0.241 e. The van der Waals surface area contributed by atoms with Crippen LogP contribution in [0, 0.1) is 11.8 Å². The second-order valence-electron chi connectivity index (χ2n) is 7.02. The van der Waals surface area contributed by atoms with Gasteiger partial charge in [0.05, 0.1) is 12.2 Å². The molecule has 0 spiro atoms. The van der Waals surface area contributed by atoms with Gasteiger partial charge in [-0.1, -0.05) is 60.3 Å². The number of amides is 1. The fourth-order valence-corrected chi connectivity index (χ4v) is 3.12. The van der Waals surface area contributed by atoms with Crippen LogP contribution < -0.4 is 5.32 Å². The Kier molecular flexibility index (Phi) is 7.01. The highest BCUT2D eigenvalue weighted by molar-refractivity contribution is 5.85. The molecule has 1 aliphatic heterocycles. The molecule has 1 heterocycles. The number of rotatable bonds is 8. The van der Waals surface area contributed by atoms with Gasteiger partial charge in [0, 0.05) is 6.04 Å². The van der Waals surface area contributed by atoms with Gasteiger partial charge >= 0.3 is 0 Å². The van der Waals surface area contributed by atoms with Crippen molar-refractivity contribution in [2.75, 3.05) is 0 Å². The highest BCUT2D eigenvalue weighted by atomic mass is 16.2. The fourth-order valence-electron chi connectivity index (χ4n) is 3.12. The summed E-state index contributed by atoms with van der Waals surface area (Å²) in [7, 11) is 0. The number of carbonyl (C=O) groups excluding carboxylic acids is 1. The monoisotopic (exact) mass is 282 g/mol. The van der Waals surface area contributed by atoms with E-state index in [1.807, 2.05) is 0 Å². The Bertz CT molecular complexity index is 301. The van der Waals surface area contributed by atoms with Gasteiger partial charge in [0.25, 0.3) is 0 Å². The molecule has 0 aliphatic carbocycles. The van der Waals surface area contributed by atoms with Gasteiger partial charge < -0.3 is 4.90 Å². The molecule has 1 fully saturated rings. The van der Waals surface area contributed by atoms with Crippen molar-refractivity contribution < 1.29 is 4.79 Å². The van der Waals surface area contributed by atoms with Crippen LogP contribution in [0.3, 0.4) is 0 Å². The second-order valence-corrected chi connectivity index (χ2v) is 7.02. The minimum atomic E-state index is 0.000455. The summed E-state index contributed by atoms with van der Waals surface area (Å²) in [5.74, 6) is 1.13. The molecule has 118 valence electrons. The smallest absolute Gasteiger partial charge is 0.241 e. The Hall–Kier alpha value is -0.570. The van der Waals surface area contributed by atoms with Gasteiger partial charge in [0.15, 0.2) is 0 Å². The van der Waals surface area contributed by atoms with Gasteiger partial charge in [0.2, 0.25) is 5.91 Å². The molecule has 20 heavy (non-hydrogen) atoms. The molecule has 1 rings (SSSR count). The Morgan fingerprint density at radius 1 is 1.05 bits per heavy atom. The van der Waals surface area contributed by atoms with E-state index in [2.05, 4.69) is 51.8 Å². The van der Waals surface area contributed by atoms with E-state index in [4.69, 9.17) is 0 Å². The van der Waals surface area contributed by atoms with E-state index >= 15 is 0 Å². The third-order valence-corrected chi connectivity index (χ3v) is 4.42. The normalized spacial score (nSPS) is 25.0. The lowest BCUT2D eigenvalue weighted by atomic mass is 10.0. The zero-order chi connectivity index (χ0) is 15.3. The third-order valence-electron chi connectivity index (χ3n) is 4.42. The molecule has 1 saturated heterocycles. The summed E-state index contributed by atoms with van der Waals surface area (Å²) < 4.78 is 0. The highest BCUT2D eigenvalue weighted by Crippen LogP contribution is 2.25. The molecule has 0 aromatic rings. The largest absolute Gasteiger partial charge is 0.323 e. The molecular formula is C17H34N2O. The fraction of sp³-hybridized carbons (Fsp3) is 0.941. The number of unbranched alkanes of at least 4 members (excludes halogenated alkanes) is 3. The zero-order valence-corrected chi connectivity index (χ0v) is 14.3. The number of carbonyl (C=O) groups is 1. The third kappa shape index (κ3) is 4.21. The lowest BCUT2D eigenvalue weighted by Crippen LogP contribution is -2.46. The molecule has 3 unspecified atom stereocenters. The molecule has 3 heteroatoms. The quantitative estimate of drug-likeness (QED) is 0.687. The van der Waals surface area contributed by atoms with Gasteiger partial charge in [-0.15, -0.1) is 0 Å². The summed E-state index contributed by atoms with van der Waals surface area (Å²) >= 11 is 0. The number of hydrogen-bond acceptors (Lipinski definition) is 2. The molecule has 0 aromatic carbocycles. The molecular weight excluding hydrogens is 248 g/mol. The van der Waals surface area contributed by atoms with Crippen molar-refractivity contribution in [3.05, 3.63) is 0 Å². The lowest BCUT2D eigenvalue weighted by Gasteiger charge is -2.32. The Labute approximate surface area is 125 Å². The van der Waals surface area contributed by atoms with E-state index in [1.54, 1.807) is 0 Å². The minimum Gasteiger partial charge on any atom is -0.323 e. The van der Waals surface area contributed by atoms with Crippen molar-refractivity contribution in [2.24, 2.45) is 11.8 Å². The van der Waals surface area contributed by atoms with Crippen LogP contribution >= 0.6 is 0 Å². The number of hydrogen-bond donors (Lipinski definition) is 1. The van der Waals surface area contributed by atoms with Crippen LogP contribution in [-0.4, -0.2) is 29.1 Å². The van der Waals surface area contributed by atoms with Gasteiger partial charge in [-0.25, -0.2) is 0 Å². The van der Waals surface area contributed by atoms with Gasteiger partial charge in [-0.05, 0) is 25.2 Å². The standard InChI is InChI=1S/C17H34N2O/c1-7-8-9-10-11-14(6)19-16(13(4)5)18-15(12(2)3)17(19)20/h12-16,18H,7-11H2,1-6H3. The van der Waals surface area contributed by atoms with Crippen LogP contribution in [0.4, 0.5) is 0 Å². The van der Waals surface area contributed by atoms with Crippen LogP contribution in [0.2, 0.25) is 0 Å². The minimum absolute atomic E-state index is 0.000455. The molecule has 0 aromatic heterocycles. The van der Waals surface area contributed by atoms with E-state index in [1.165, 1.54) is 25.7 Å². The summed E-state index contributed by atoms with van der Waals surface area (Å²) in [4.78, 5) is 14.8. The van der Waals surface area contributed by atoms with Crippen molar-refractivity contribution in [2.45, 2.75) is 91.9 Å². The second kappa shape index (κ2) is 8.02. The van der Waals surface area contributed by atoms with Crippen molar-refractivity contribution in [3.8, 4) is 0 Å². The molecule has 3 nitrogen and oxygen atoms in total. The Morgan fingerprint density at radius 3 is 2.20 bits per heavy atom. The predicted octanol–water partition coefficient (Wildman–Crippen LogP) is 3.78. The Morgan fingerprint density at radius 2 is 1.70 bits per heavy atom. The van der Waals surface area contributed by atoms with Crippen LogP contribution in [0.1, 0.15) is 73.6 Å². The Balaban J connectivity index is 2.65. The average Bonchev–Trinajstić information content (AvgIpc) is 2.72. The summed E-state index contributed by atoms with van der Waals surface area (Å²) in [5.41, 5.74) is 0. The van der Waals surface area contributed by atoms with Crippen molar-refractivity contribution >= 4 is 5.91 Å². The van der Waals surface area contributed by atoms with Crippen molar-refractivity contribution in [1.29, 1.82) is 0 Å². The van der Waals surface area contributed by atoms with Crippen molar-refractivity contribution in [1.82, 2.24) is 10.2 Å². The van der Waals surface area contributed by atoms with Crippen LogP contribution in [0.25, 0.3) is 0 Å². The maximum atomic E-state index is 12.7. The number of nitrogens with zero attached hydrogens (tertiary/aromatic N) is 1. The van der Waals surface area contributed by atoms with Crippen LogP contribution in [-0.2, 0) is 4.79 Å². The maximum absolute atomic E-state index is 12.7. The highest BCUT2D eigenvalue weighted by Gasteiger charge is 2.43. The summed E-state index contributed by atoms with van der Waals surface area (Å²) in [6.07, 6.45) is 6.42. The molecule has 1 aliphatic rings. The first-order chi connectivity index (χ1) is 9.40. The number of nitrogens with one attached hydrogen (secondary N) is 1. The molecule has 3 atom stereocenters. The molecule has 0 radical (unpaired) electrons. The molecule has 0 bridgehead atoms.